The van der Waals surface area contributed by atoms with Crippen molar-refractivity contribution in [2.75, 3.05) is 7.11 Å². The molecular formula is C23H25N3O4. The number of carbonyl (C=O) groups excluding carboxylic acids is 1. The van der Waals surface area contributed by atoms with E-state index in [0.717, 1.165) is 33.8 Å². The molecule has 3 aromatic rings. The number of methoxy groups -OCH3 is 1. The van der Waals surface area contributed by atoms with E-state index in [1.807, 2.05) is 51.1 Å². The summed E-state index contributed by atoms with van der Waals surface area (Å²) in [6, 6.07) is 9.32. The van der Waals surface area contributed by atoms with Crippen molar-refractivity contribution in [1.29, 1.82) is 0 Å². The van der Waals surface area contributed by atoms with Gasteiger partial charge in [-0.1, -0.05) is 17.3 Å². The molecule has 2 heterocycles. The van der Waals surface area contributed by atoms with Gasteiger partial charge < -0.3 is 19.3 Å². The van der Waals surface area contributed by atoms with Gasteiger partial charge >= 0.3 is 0 Å². The second-order valence-corrected chi connectivity index (χ2v) is 6.82. The molecule has 1 N–H and O–H groups in total. The first kappa shape index (κ1) is 21.1. The van der Waals surface area contributed by atoms with Crippen molar-refractivity contribution in [1.82, 2.24) is 15.5 Å². The van der Waals surface area contributed by atoms with Gasteiger partial charge in [0.25, 0.3) is 0 Å². The number of nitrogens with one attached hydrogen (secondary N) is 1. The Morgan fingerprint density at radius 3 is 2.73 bits per heavy atom. The summed E-state index contributed by atoms with van der Waals surface area (Å²) >= 11 is 0. The van der Waals surface area contributed by atoms with Gasteiger partial charge in [-0.05, 0) is 56.2 Å². The highest BCUT2D eigenvalue weighted by Crippen LogP contribution is 2.30. The highest BCUT2D eigenvalue weighted by atomic mass is 16.5. The lowest BCUT2D eigenvalue weighted by atomic mass is 10.1. The molecule has 0 saturated carbocycles. The van der Waals surface area contributed by atoms with E-state index in [1.54, 1.807) is 19.4 Å². The molecule has 7 nitrogen and oxygen atoms in total. The first-order chi connectivity index (χ1) is 14.5. The number of rotatable bonds is 8. The van der Waals surface area contributed by atoms with Crippen LogP contribution in [0.15, 0.2) is 47.1 Å². The van der Waals surface area contributed by atoms with Crippen molar-refractivity contribution in [3.8, 4) is 11.5 Å². The Balaban J connectivity index is 1.61. The number of aromatic nitrogens is 2. The maximum absolute atomic E-state index is 12.1. The molecule has 0 aliphatic heterocycles. The van der Waals surface area contributed by atoms with Crippen molar-refractivity contribution in [2.24, 2.45) is 0 Å². The molecule has 0 saturated heterocycles. The fraction of sp³-hybridized carbons (Fsp3) is 0.261. The van der Waals surface area contributed by atoms with E-state index in [0.29, 0.717) is 24.7 Å². The third-order valence-electron chi connectivity index (χ3n) is 4.72. The molecule has 1 amide bonds. The molecule has 0 atom stereocenters. The monoisotopic (exact) mass is 407 g/mol. The van der Waals surface area contributed by atoms with Gasteiger partial charge in [-0.3, -0.25) is 9.78 Å². The number of benzene rings is 1. The topological polar surface area (TPSA) is 86.5 Å². The van der Waals surface area contributed by atoms with Gasteiger partial charge in [0.1, 0.15) is 12.4 Å². The standard InChI is InChI=1S/C23H25N3O4/c1-15-6-5-11-24-20(15)13-25-23(27)10-8-18-7-9-21(22(12-18)28-4)29-14-19-16(2)26-30-17(19)3/h5-12H,13-14H2,1-4H3,(H,25,27). The van der Waals surface area contributed by atoms with Crippen LogP contribution in [0.5, 0.6) is 11.5 Å². The Kier molecular flexibility index (Phi) is 6.85. The third kappa shape index (κ3) is 5.26. The lowest BCUT2D eigenvalue weighted by Gasteiger charge is -2.11. The normalized spacial score (nSPS) is 10.9. The summed E-state index contributed by atoms with van der Waals surface area (Å²) in [5.74, 6) is 1.72. The summed E-state index contributed by atoms with van der Waals surface area (Å²) in [4.78, 5) is 16.4. The predicted octanol–water partition coefficient (Wildman–Crippen LogP) is 3.91. The van der Waals surface area contributed by atoms with Gasteiger partial charge in [0.15, 0.2) is 11.5 Å². The number of ether oxygens (including phenoxy) is 2. The van der Waals surface area contributed by atoms with Gasteiger partial charge in [0, 0.05) is 12.3 Å². The fourth-order valence-corrected chi connectivity index (χ4v) is 2.87. The molecule has 7 heteroatoms. The molecule has 30 heavy (non-hydrogen) atoms. The molecule has 0 spiro atoms. The summed E-state index contributed by atoms with van der Waals surface area (Å²) in [7, 11) is 1.58. The fourth-order valence-electron chi connectivity index (χ4n) is 2.87. The first-order valence-electron chi connectivity index (χ1n) is 9.57. The molecule has 1 aromatic carbocycles. The smallest absolute Gasteiger partial charge is 0.244 e. The molecule has 0 unspecified atom stereocenters. The van der Waals surface area contributed by atoms with Gasteiger partial charge in [-0.15, -0.1) is 0 Å². The minimum absolute atomic E-state index is 0.197. The SMILES string of the molecule is COc1cc(C=CC(=O)NCc2ncccc2C)ccc1OCc1c(C)noc1C. The maximum atomic E-state index is 12.1. The van der Waals surface area contributed by atoms with E-state index < -0.39 is 0 Å². The average molecular weight is 407 g/mol. The van der Waals surface area contributed by atoms with Crippen molar-refractivity contribution in [3.63, 3.8) is 0 Å². The van der Waals surface area contributed by atoms with Crippen LogP contribution < -0.4 is 14.8 Å². The molecule has 0 fully saturated rings. The summed E-state index contributed by atoms with van der Waals surface area (Å²) < 4.78 is 16.5. The van der Waals surface area contributed by atoms with Gasteiger partial charge in [-0.25, -0.2) is 0 Å². The second-order valence-electron chi connectivity index (χ2n) is 6.82. The van der Waals surface area contributed by atoms with Crippen LogP contribution in [0.1, 0.15) is 33.8 Å². The number of aryl methyl sites for hydroxylation is 3. The van der Waals surface area contributed by atoms with Gasteiger partial charge in [0.05, 0.1) is 30.6 Å². The van der Waals surface area contributed by atoms with E-state index in [2.05, 4.69) is 15.5 Å². The van der Waals surface area contributed by atoms with Crippen molar-refractivity contribution < 1.29 is 18.8 Å². The van der Waals surface area contributed by atoms with Crippen LogP contribution in [-0.4, -0.2) is 23.2 Å². The number of hydrogen-bond donors (Lipinski definition) is 1. The lowest BCUT2D eigenvalue weighted by molar-refractivity contribution is -0.116. The van der Waals surface area contributed by atoms with Crippen LogP contribution in [0.3, 0.4) is 0 Å². The largest absolute Gasteiger partial charge is 0.493 e. The second kappa shape index (κ2) is 9.73. The van der Waals surface area contributed by atoms with Crippen LogP contribution in [0.4, 0.5) is 0 Å². The lowest BCUT2D eigenvalue weighted by Crippen LogP contribution is -2.21. The number of hydrogen-bond acceptors (Lipinski definition) is 6. The molecular weight excluding hydrogens is 382 g/mol. The molecule has 3 rings (SSSR count). The number of nitrogens with zero attached hydrogens (tertiary/aromatic N) is 2. The molecule has 0 aliphatic rings. The van der Waals surface area contributed by atoms with Crippen LogP contribution in [0, 0.1) is 20.8 Å². The van der Waals surface area contributed by atoms with E-state index in [1.165, 1.54) is 6.08 Å². The Bertz CT molecular complexity index is 1040. The predicted molar refractivity (Wildman–Crippen MR) is 113 cm³/mol. The van der Waals surface area contributed by atoms with Crippen LogP contribution >= 0.6 is 0 Å². The molecule has 0 aliphatic carbocycles. The zero-order chi connectivity index (χ0) is 21.5. The van der Waals surface area contributed by atoms with Crippen LogP contribution in [-0.2, 0) is 17.9 Å². The summed E-state index contributed by atoms with van der Waals surface area (Å²) in [5, 5.41) is 6.77. The Morgan fingerprint density at radius 1 is 1.20 bits per heavy atom. The number of amides is 1. The Morgan fingerprint density at radius 2 is 2.03 bits per heavy atom. The number of pyridine rings is 1. The molecule has 0 bridgehead atoms. The third-order valence-corrected chi connectivity index (χ3v) is 4.72. The molecule has 2 aromatic heterocycles. The molecule has 0 radical (unpaired) electrons. The quantitative estimate of drug-likeness (QED) is 0.570. The highest BCUT2D eigenvalue weighted by Gasteiger charge is 2.12. The van der Waals surface area contributed by atoms with E-state index in [4.69, 9.17) is 14.0 Å². The highest BCUT2D eigenvalue weighted by molar-refractivity contribution is 5.91. The summed E-state index contributed by atoms with van der Waals surface area (Å²) in [6.45, 7) is 6.41. The zero-order valence-corrected chi connectivity index (χ0v) is 17.6. The Hall–Kier alpha value is -3.61. The minimum atomic E-state index is -0.197. The number of carbonyl (C=O) groups is 1. The molecule has 156 valence electrons. The summed E-state index contributed by atoms with van der Waals surface area (Å²) in [5.41, 5.74) is 4.43. The Labute approximate surface area is 175 Å². The van der Waals surface area contributed by atoms with Crippen molar-refractivity contribution in [3.05, 3.63) is 76.4 Å². The maximum Gasteiger partial charge on any atom is 0.244 e. The first-order valence-corrected chi connectivity index (χ1v) is 9.57. The van der Waals surface area contributed by atoms with Crippen LogP contribution in [0.25, 0.3) is 6.08 Å². The average Bonchev–Trinajstić information content (AvgIpc) is 3.07. The van der Waals surface area contributed by atoms with Crippen LogP contribution in [0.2, 0.25) is 0 Å². The van der Waals surface area contributed by atoms with Gasteiger partial charge in [-0.2, -0.15) is 0 Å². The summed E-state index contributed by atoms with van der Waals surface area (Å²) in [6.07, 6.45) is 4.92. The van der Waals surface area contributed by atoms with Gasteiger partial charge in [0.2, 0.25) is 5.91 Å². The van der Waals surface area contributed by atoms with Crippen molar-refractivity contribution >= 4 is 12.0 Å². The van der Waals surface area contributed by atoms with E-state index in [-0.39, 0.29) is 5.91 Å². The van der Waals surface area contributed by atoms with E-state index >= 15 is 0 Å². The minimum Gasteiger partial charge on any atom is -0.493 e. The van der Waals surface area contributed by atoms with E-state index in [9.17, 15) is 4.79 Å². The van der Waals surface area contributed by atoms with Crippen molar-refractivity contribution in [2.45, 2.75) is 33.9 Å². The zero-order valence-electron chi connectivity index (χ0n) is 17.6.